The number of urea groups is 1. The lowest BCUT2D eigenvalue weighted by molar-refractivity contribution is -0.122. The summed E-state index contributed by atoms with van der Waals surface area (Å²) in [4.78, 5) is 39.1. The Balaban J connectivity index is 1.63. The summed E-state index contributed by atoms with van der Waals surface area (Å²) in [7, 11) is 1.43. The number of carbonyl (C=O) groups is 3. The van der Waals surface area contributed by atoms with E-state index in [1.54, 1.807) is 36.4 Å². The molecule has 0 spiro atoms. The number of anilines is 1. The van der Waals surface area contributed by atoms with Gasteiger partial charge in [0.1, 0.15) is 12.2 Å². The zero-order valence-electron chi connectivity index (χ0n) is 19.8. The van der Waals surface area contributed by atoms with Crippen molar-refractivity contribution in [1.29, 1.82) is 0 Å². The average Bonchev–Trinajstić information content (AvgIpc) is 2.87. The number of hydrogen-bond acceptors (Lipinski definition) is 5. The number of nitrogens with zero attached hydrogens (tertiary/aromatic N) is 1. The Hall–Kier alpha value is -3.52. The van der Waals surface area contributed by atoms with Gasteiger partial charge in [0.25, 0.3) is 11.8 Å². The third-order valence-electron chi connectivity index (χ3n) is 5.65. The van der Waals surface area contributed by atoms with E-state index < -0.39 is 17.8 Å². The van der Waals surface area contributed by atoms with E-state index >= 15 is 0 Å². The third-order valence-corrected chi connectivity index (χ3v) is 6.52. The topological polar surface area (TPSA) is 84.9 Å². The van der Waals surface area contributed by atoms with Crippen LogP contribution >= 0.6 is 34.8 Å². The molecule has 0 aliphatic carbocycles. The second-order valence-electron chi connectivity index (χ2n) is 8.04. The van der Waals surface area contributed by atoms with Gasteiger partial charge >= 0.3 is 6.03 Å². The fourth-order valence-corrected chi connectivity index (χ4v) is 4.43. The minimum atomic E-state index is -0.823. The van der Waals surface area contributed by atoms with Gasteiger partial charge in [-0.15, -0.1) is 0 Å². The first kappa shape index (κ1) is 26.5. The summed E-state index contributed by atoms with van der Waals surface area (Å²) in [6, 6.07) is 14.2. The number of amides is 4. The van der Waals surface area contributed by atoms with Gasteiger partial charge in [-0.25, -0.2) is 9.69 Å². The standard InChI is InChI=1S/C27H21Cl3N2O5/c1-3-15-4-8-19(9-5-15)32-26(34)20(25(33)31-27(32)35)10-16-11-22(30)24(23(12-16)36-2)37-14-17-6-7-18(28)13-21(17)29/h4-13H,3,14H2,1-2H3,(H,31,33,35)/b20-10-. The van der Waals surface area contributed by atoms with E-state index in [0.717, 1.165) is 16.9 Å². The molecule has 1 aliphatic heterocycles. The molecule has 0 aromatic heterocycles. The molecule has 4 amide bonds. The Labute approximate surface area is 228 Å². The summed E-state index contributed by atoms with van der Waals surface area (Å²) in [5.41, 5.74) is 2.24. The van der Waals surface area contributed by atoms with Crippen molar-refractivity contribution in [3.63, 3.8) is 0 Å². The highest BCUT2D eigenvalue weighted by Gasteiger charge is 2.36. The number of benzene rings is 3. The van der Waals surface area contributed by atoms with E-state index in [4.69, 9.17) is 44.3 Å². The van der Waals surface area contributed by atoms with Crippen molar-refractivity contribution in [1.82, 2.24) is 5.32 Å². The second kappa shape index (κ2) is 11.3. The van der Waals surface area contributed by atoms with Crippen molar-refractivity contribution in [2.45, 2.75) is 20.0 Å². The lowest BCUT2D eigenvalue weighted by atomic mass is 10.1. The summed E-state index contributed by atoms with van der Waals surface area (Å²) < 4.78 is 11.3. The van der Waals surface area contributed by atoms with E-state index in [1.807, 2.05) is 19.1 Å². The minimum Gasteiger partial charge on any atom is -0.493 e. The maximum absolute atomic E-state index is 13.2. The fraction of sp³-hybridized carbons (Fsp3) is 0.148. The van der Waals surface area contributed by atoms with Crippen LogP contribution in [0.15, 0.2) is 60.2 Å². The van der Waals surface area contributed by atoms with Gasteiger partial charge in [-0.2, -0.15) is 0 Å². The molecule has 1 aliphatic rings. The number of methoxy groups -OCH3 is 1. The van der Waals surface area contributed by atoms with Gasteiger partial charge in [-0.1, -0.05) is 59.9 Å². The molecule has 3 aromatic rings. The quantitative estimate of drug-likeness (QED) is 0.265. The minimum absolute atomic E-state index is 0.0985. The first-order valence-electron chi connectivity index (χ1n) is 11.2. The predicted octanol–water partition coefficient (Wildman–Crippen LogP) is 6.46. The molecular formula is C27H21Cl3N2O5. The largest absolute Gasteiger partial charge is 0.493 e. The van der Waals surface area contributed by atoms with Crippen LogP contribution in [0.3, 0.4) is 0 Å². The fourth-order valence-electron chi connectivity index (χ4n) is 3.69. The lowest BCUT2D eigenvalue weighted by Gasteiger charge is -2.26. The predicted molar refractivity (Wildman–Crippen MR) is 144 cm³/mol. The van der Waals surface area contributed by atoms with Gasteiger partial charge in [-0.3, -0.25) is 14.9 Å². The van der Waals surface area contributed by atoms with Gasteiger partial charge in [0.2, 0.25) is 0 Å². The third kappa shape index (κ3) is 5.74. The highest BCUT2D eigenvalue weighted by Crippen LogP contribution is 2.38. The molecular weight excluding hydrogens is 539 g/mol. The molecule has 4 rings (SSSR count). The Morgan fingerprint density at radius 2 is 1.68 bits per heavy atom. The van der Waals surface area contributed by atoms with Crippen molar-refractivity contribution < 1.29 is 23.9 Å². The molecule has 0 unspecified atom stereocenters. The zero-order chi connectivity index (χ0) is 26.7. The molecule has 1 N–H and O–H groups in total. The smallest absolute Gasteiger partial charge is 0.335 e. The van der Waals surface area contributed by atoms with Gasteiger partial charge in [-0.05, 0) is 60.0 Å². The number of hydrogen-bond donors (Lipinski definition) is 1. The molecule has 190 valence electrons. The number of imide groups is 2. The van der Waals surface area contributed by atoms with E-state index in [1.165, 1.54) is 19.3 Å². The van der Waals surface area contributed by atoms with Gasteiger partial charge in [0.15, 0.2) is 11.5 Å². The van der Waals surface area contributed by atoms with Crippen molar-refractivity contribution in [3.8, 4) is 11.5 Å². The molecule has 37 heavy (non-hydrogen) atoms. The molecule has 1 saturated heterocycles. The SMILES string of the molecule is CCc1ccc(N2C(=O)NC(=O)/C(=C/c3cc(Cl)c(OCc4ccc(Cl)cc4Cl)c(OC)c3)C2=O)cc1. The molecule has 1 fully saturated rings. The van der Waals surface area contributed by atoms with Crippen LogP contribution in [0.2, 0.25) is 15.1 Å². The number of rotatable bonds is 7. The molecule has 0 radical (unpaired) electrons. The monoisotopic (exact) mass is 558 g/mol. The average molecular weight is 560 g/mol. The first-order valence-corrected chi connectivity index (χ1v) is 12.3. The maximum atomic E-state index is 13.2. The van der Waals surface area contributed by atoms with Crippen LogP contribution in [-0.4, -0.2) is 25.0 Å². The highest BCUT2D eigenvalue weighted by molar-refractivity contribution is 6.39. The van der Waals surface area contributed by atoms with Gasteiger partial charge in [0.05, 0.1) is 17.8 Å². The maximum Gasteiger partial charge on any atom is 0.335 e. The van der Waals surface area contributed by atoms with E-state index in [9.17, 15) is 14.4 Å². The molecule has 3 aromatic carbocycles. The summed E-state index contributed by atoms with van der Waals surface area (Å²) in [5, 5.41) is 3.33. The van der Waals surface area contributed by atoms with Crippen LogP contribution in [0.25, 0.3) is 6.08 Å². The summed E-state index contributed by atoms with van der Waals surface area (Å²) in [6.07, 6.45) is 2.14. The van der Waals surface area contributed by atoms with E-state index in [2.05, 4.69) is 5.32 Å². The zero-order valence-corrected chi connectivity index (χ0v) is 22.1. The first-order chi connectivity index (χ1) is 17.7. The number of carbonyl (C=O) groups excluding carboxylic acids is 3. The Bertz CT molecular complexity index is 1420. The summed E-state index contributed by atoms with van der Waals surface area (Å²) in [5.74, 6) is -1.05. The second-order valence-corrected chi connectivity index (χ2v) is 9.29. The van der Waals surface area contributed by atoms with Crippen LogP contribution in [0, 0.1) is 0 Å². The van der Waals surface area contributed by atoms with E-state index in [0.29, 0.717) is 26.9 Å². The molecule has 0 bridgehead atoms. The highest BCUT2D eigenvalue weighted by atomic mass is 35.5. The number of aryl methyl sites for hydroxylation is 1. The van der Waals surface area contributed by atoms with Crippen LogP contribution in [-0.2, 0) is 22.6 Å². The number of halogens is 3. The molecule has 7 nitrogen and oxygen atoms in total. The molecule has 1 heterocycles. The van der Waals surface area contributed by atoms with Crippen LogP contribution in [0.5, 0.6) is 11.5 Å². The molecule has 0 atom stereocenters. The Morgan fingerprint density at radius 1 is 0.946 bits per heavy atom. The van der Waals surface area contributed by atoms with E-state index in [-0.39, 0.29) is 28.7 Å². The molecule has 0 saturated carbocycles. The van der Waals surface area contributed by atoms with Crippen LogP contribution < -0.4 is 19.7 Å². The molecule has 10 heteroatoms. The van der Waals surface area contributed by atoms with Gasteiger partial charge < -0.3 is 9.47 Å². The van der Waals surface area contributed by atoms with Crippen molar-refractivity contribution >= 4 is 64.4 Å². The number of nitrogens with one attached hydrogen (secondary N) is 1. The van der Waals surface area contributed by atoms with Crippen molar-refractivity contribution in [2.75, 3.05) is 12.0 Å². The normalized spacial score (nSPS) is 14.7. The number of barbiturate groups is 1. The van der Waals surface area contributed by atoms with Crippen LogP contribution in [0.4, 0.5) is 10.5 Å². The summed E-state index contributed by atoms with van der Waals surface area (Å²) >= 11 is 18.6. The van der Waals surface area contributed by atoms with Crippen LogP contribution in [0.1, 0.15) is 23.6 Å². The van der Waals surface area contributed by atoms with Crippen molar-refractivity contribution in [2.24, 2.45) is 0 Å². The lowest BCUT2D eigenvalue weighted by Crippen LogP contribution is -2.54. The van der Waals surface area contributed by atoms with Gasteiger partial charge in [0, 0.05) is 15.6 Å². The Morgan fingerprint density at radius 3 is 2.32 bits per heavy atom. The van der Waals surface area contributed by atoms with Crippen molar-refractivity contribution in [3.05, 3.63) is 91.9 Å². The number of ether oxygens (including phenoxy) is 2. The summed E-state index contributed by atoms with van der Waals surface area (Å²) in [6.45, 7) is 2.09. The Kier molecular flexibility index (Phi) is 8.07.